The number of phenolic OH excluding ortho intramolecular Hbond substituents is 2. The maximum absolute atomic E-state index is 12.5. The molecule has 142 valence electrons. The van der Waals surface area contributed by atoms with E-state index in [4.69, 9.17) is 23.4 Å². The molecule has 2 aromatic carbocycles. The Bertz CT molecular complexity index is 1070. The predicted molar refractivity (Wildman–Crippen MR) is 97.5 cm³/mol. The predicted octanol–water partition coefficient (Wildman–Crippen LogP) is 2.91. The van der Waals surface area contributed by atoms with E-state index in [1.54, 1.807) is 0 Å². The molecule has 0 radical (unpaired) electrons. The van der Waals surface area contributed by atoms with Gasteiger partial charge < -0.3 is 33.6 Å². The fourth-order valence-electron chi connectivity index (χ4n) is 2.82. The third-order valence-corrected chi connectivity index (χ3v) is 4.09. The highest BCUT2D eigenvalue weighted by Gasteiger charge is 2.23. The summed E-state index contributed by atoms with van der Waals surface area (Å²) in [5, 5.41) is 20.7. The average molecular weight is 374 g/mol. The highest BCUT2D eigenvalue weighted by Crippen LogP contribution is 2.49. The molecule has 0 aliphatic heterocycles. The largest absolute Gasteiger partial charge is 0.507 e. The number of fused-ring (bicyclic) bond motifs is 1. The molecule has 0 aliphatic rings. The van der Waals surface area contributed by atoms with Gasteiger partial charge in [-0.1, -0.05) is 0 Å². The number of methoxy groups -OCH3 is 4. The van der Waals surface area contributed by atoms with Gasteiger partial charge in [-0.25, -0.2) is 0 Å². The van der Waals surface area contributed by atoms with Crippen molar-refractivity contribution in [3.63, 3.8) is 0 Å². The van der Waals surface area contributed by atoms with E-state index in [0.29, 0.717) is 5.75 Å². The van der Waals surface area contributed by atoms with Crippen LogP contribution in [0.5, 0.6) is 34.5 Å². The van der Waals surface area contributed by atoms with Gasteiger partial charge in [-0.05, 0) is 6.07 Å². The summed E-state index contributed by atoms with van der Waals surface area (Å²) in [6.07, 6.45) is 0. The Labute approximate surface area is 154 Å². The van der Waals surface area contributed by atoms with Gasteiger partial charge in [0.2, 0.25) is 11.5 Å². The molecule has 0 unspecified atom stereocenters. The van der Waals surface area contributed by atoms with Gasteiger partial charge in [0, 0.05) is 18.2 Å². The lowest BCUT2D eigenvalue weighted by Crippen LogP contribution is -2.02. The third-order valence-electron chi connectivity index (χ3n) is 4.09. The molecule has 1 heterocycles. The summed E-state index contributed by atoms with van der Waals surface area (Å²) in [6, 6.07) is 5.40. The summed E-state index contributed by atoms with van der Waals surface area (Å²) >= 11 is 0. The number of aromatic hydroxyl groups is 2. The van der Waals surface area contributed by atoms with Crippen molar-refractivity contribution in [2.45, 2.75) is 0 Å². The highest BCUT2D eigenvalue weighted by molar-refractivity contribution is 5.87. The molecule has 3 aromatic rings. The van der Waals surface area contributed by atoms with Gasteiger partial charge in [-0.15, -0.1) is 0 Å². The van der Waals surface area contributed by atoms with Crippen LogP contribution in [-0.4, -0.2) is 38.7 Å². The lowest BCUT2D eigenvalue weighted by Gasteiger charge is -2.16. The molecule has 0 aliphatic carbocycles. The van der Waals surface area contributed by atoms with E-state index in [0.717, 1.165) is 6.07 Å². The molecule has 0 fully saturated rings. The number of hydrogen-bond donors (Lipinski definition) is 2. The van der Waals surface area contributed by atoms with Gasteiger partial charge in [-0.3, -0.25) is 4.79 Å². The van der Waals surface area contributed by atoms with Crippen LogP contribution in [0.4, 0.5) is 0 Å². The van der Waals surface area contributed by atoms with Gasteiger partial charge in [0.1, 0.15) is 28.2 Å². The van der Waals surface area contributed by atoms with E-state index < -0.39 is 5.43 Å². The fraction of sp³-hybridized carbons (Fsp3) is 0.211. The monoisotopic (exact) mass is 374 g/mol. The molecule has 1 aromatic heterocycles. The van der Waals surface area contributed by atoms with Crippen LogP contribution in [0.1, 0.15) is 0 Å². The van der Waals surface area contributed by atoms with Gasteiger partial charge in [0.15, 0.2) is 16.9 Å². The zero-order valence-corrected chi connectivity index (χ0v) is 15.2. The Morgan fingerprint density at radius 1 is 0.852 bits per heavy atom. The first-order valence-electron chi connectivity index (χ1n) is 7.82. The van der Waals surface area contributed by atoms with E-state index in [1.807, 2.05) is 0 Å². The average Bonchev–Trinajstić information content (AvgIpc) is 2.66. The molecule has 0 saturated carbocycles. The molecule has 8 heteroatoms. The SMILES string of the molecule is COc1cc(O)c2c(=O)cc(-c3cc(OC)c(OC)c(OC)c3O)oc2c1. The van der Waals surface area contributed by atoms with Crippen molar-refractivity contribution in [2.75, 3.05) is 28.4 Å². The van der Waals surface area contributed by atoms with Crippen molar-refractivity contribution in [1.82, 2.24) is 0 Å². The maximum Gasteiger partial charge on any atom is 0.207 e. The zero-order chi connectivity index (χ0) is 19.7. The van der Waals surface area contributed by atoms with Gasteiger partial charge in [0.05, 0.1) is 34.0 Å². The van der Waals surface area contributed by atoms with Crippen LogP contribution in [0.2, 0.25) is 0 Å². The highest BCUT2D eigenvalue weighted by atomic mass is 16.5. The second-order valence-electron chi connectivity index (χ2n) is 5.54. The van der Waals surface area contributed by atoms with Crippen LogP contribution in [0.25, 0.3) is 22.3 Å². The molecule has 3 rings (SSSR count). The van der Waals surface area contributed by atoms with Crippen molar-refractivity contribution in [3.05, 3.63) is 34.5 Å². The molecule has 27 heavy (non-hydrogen) atoms. The molecule has 8 nitrogen and oxygen atoms in total. The number of hydrogen-bond acceptors (Lipinski definition) is 8. The van der Waals surface area contributed by atoms with Crippen LogP contribution in [-0.2, 0) is 0 Å². The molecular weight excluding hydrogens is 356 g/mol. The lowest BCUT2D eigenvalue weighted by atomic mass is 10.1. The summed E-state index contributed by atoms with van der Waals surface area (Å²) in [5.74, 6) is 0.319. The molecule has 2 N–H and O–H groups in total. The van der Waals surface area contributed by atoms with E-state index >= 15 is 0 Å². The number of benzene rings is 2. The van der Waals surface area contributed by atoms with Crippen LogP contribution in [0.15, 0.2) is 33.5 Å². The second kappa shape index (κ2) is 6.99. The van der Waals surface area contributed by atoms with Gasteiger partial charge in [0.25, 0.3) is 0 Å². The molecule has 0 spiro atoms. The van der Waals surface area contributed by atoms with Crippen molar-refractivity contribution in [3.8, 4) is 45.8 Å². The minimum Gasteiger partial charge on any atom is -0.507 e. The Morgan fingerprint density at radius 2 is 1.56 bits per heavy atom. The zero-order valence-electron chi connectivity index (χ0n) is 15.2. The first-order chi connectivity index (χ1) is 12.9. The molecule has 0 saturated heterocycles. The summed E-state index contributed by atoms with van der Waals surface area (Å²) in [5.41, 5.74) is -0.229. The Balaban J connectivity index is 2.34. The number of rotatable bonds is 5. The van der Waals surface area contributed by atoms with Crippen molar-refractivity contribution in [1.29, 1.82) is 0 Å². The van der Waals surface area contributed by atoms with Crippen LogP contribution >= 0.6 is 0 Å². The molecule has 0 atom stereocenters. The van der Waals surface area contributed by atoms with E-state index in [-0.39, 0.29) is 51.0 Å². The summed E-state index contributed by atoms with van der Waals surface area (Å²) in [7, 11) is 5.62. The second-order valence-corrected chi connectivity index (χ2v) is 5.54. The van der Waals surface area contributed by atoms with Crippen molar-refractivity contribution >= 4 is 11.0 Å². The van der Waals surface area contributed by atoms with Gasteiger partial charge in [-0.2, -0.15) is 0 Å². The normalized spacial score (nSPS) is 10.7. The Morgan fingerprint density at radius 3 is 2.15 bits per heavy atom. The lowest BCUT2D eigenvalue weighted by molar-refractivity contribution is 0.311. The minimum absolute atomic E-state index is 0.00600. The van der Waals surface area contributed by atoms with E-state index in [2.05, 4.69) is 0 Å². The van der Waals surface area contributed by atoms with E-state index in [1.165, 1.54) is 46.6 Å². The number of ether oxygens (including phenoxy) is 4. The summed E-state index contributed by atoms with van der Waals surface area (Å²) < 4.78 is 26.5. The first-order valence-corrected chi connectivity index (χ1v) is 7.82. The summed E-state index contributed by atoms with van der Waals surface area (Å²) in [6.45, 7) is 0. The first kappa shape index (κ1) is 18.2. The Hall–Kier alpha value is -3.55. The van der Waals surface area contributed by atoms with Crippen molar-refractivity contribution in [2.24, 2.45) is 0 Å². The van der Waals surface area contributed by atoms with Crippen LogP contribution in [0.3, 0.4) is 0 Å². The van der Waals surface area contributed by atoms with E-state index in [9.17, 15) is 15.0 Å². The molecular formula is C19H18O8. The number of phenols is 2. The topological polar surface area (TPSA) is 108 Å². The Kier molecular flexibility index (Phi) is 4.72. The molecule has 0 amide bonds. The summed E-state index contributed by atoms with van der Waals surface area (Å²) in [4.78, 5) is 12.5. The standard InChI is InChI=1S/C19H18O8/c1-23-9-5-11(20)16-12(21)8-13(27-14(16)6-9)10-7-15(24-2)18(25-3)19(26-4)17(10)22/h5-8,20,22H,1-4H3. The van der Waals surface area contributed by atoms with Crippen LogP contribution < -0.4 is 24.4 Å². The van der Waals surface area contributed by atoms with Crippen LogP contribution in [0, 0.1) is 0 Å². The quantitative estimate of drug-likeness (QED) is 0.702. The van der Waals surface area contributed by atoms with Gasteiger partial charge >= 0.3 is 0 Å². The smallest absolute Gasteiger partial charge is 0.207 e. The maximum atomic E-state index is 12.5. The fourth-order valence-corrected chi connectivity index (χ4v) is 2.82. The van der Waals surface area contributed by atoms with Crippen molar-refractivity contribution < 1.29 is 33.6 Å². The molecule has 0 bridgehead atoms. The third kappa shape index (κ3) is 2.95. The minimum atomic E-state index is -0.487.